The van der Waals surface area contributed by atoms with Crippen LogP contribution in [0.25, 0.3) is 0 Å². The third-order valence-electron chi connectivity index (χ3n) is 7.02. The fourth-order valence-electron chi connectivity index (χ4n) is 4.63. The molecule has 186 valence electrons. The van der Waals surface area contributed by atoms with Crippen molar-refractivity contribution in [2.45, 2.75) is 50.4 Å². The predicted octanol–water partition coefficient (Wildman–Crippen LogP) is 3.59. The van der Waals surface area contributed by atoms with Crippen LogP contribution >= 0.6 is 11.6 Å². The van der Waals surface area contributed by atoms with Crippen LogP contribution in [0.5, 0.6) is 5.75 Å². The summed E-state index contributed by atoms with van der Waals surface area (Å²) in [7, 11) is 0. The Morgan fingerprint density at radius 2 is 1.74 bits per heavy atom. The Labute approximate surface area is 211 Å². The molecule has 7 nitrogen and oxygen atoms in total. The second-order valence-electron chi connectivity index (χ2n) is 9.76. The molecular weight excluding hydrogens is 466 g/mol. The summed E-state index contributed by atoms with van der Waals surface area (Å²) in [6.07, 6.45) is 4.59. The Morgan fingerprint density at radius 1 is 1.03 bits per heavy atom. The third-order valence-corrected chi connectivity index (χ3v) is 7.32. The van der Waals surface area contributed by atoms with Gasteiger partial charge in [0.1, 0.15) is 11.9 Å². The van der Waals surface area contributed by atoms with Gasteiger partial charge in [-0.15, -0.1) is 0 Å². The highest BCUT2D eigenvalue weighted by Gasteiger charge is 2.30. The largest absolute Gasteiger partial charge is 0.489 e. The number of hydrogen-bond donors (Lipinski definition) is 2. The second-order valence-corrected chi connectivity index (χ2v) is 10.2. The van der Waals surface area contributed by atoms with Gasteiger partial charge in [-0.05, 0) is 87.2 Å². The molecule has 2 aromatic rings. The number of anilines is 1. The van der Waals surface area contributed by atoms with E-state index in [0.29, 0.717) is 28.4 Å². The molecular formula is C27H32ClN3O4. The summed E-state index contributed by atoms with van der Waals surface area (Å²) in [5.74, 6) is -0.725. The lowest BCUT2D eigenvalue weighted by molar-refractivity contribution is -0.118. The van der Waals surface area contributed by atoms with Gasteiger partial charge in [0.15, 0.2) is 0 Å². The van der Waals surface area contributed by atoms with Gasteiger partial charge in [0.25, 0.3) is 5.91 Å². The van der Waals surface area contributed by atoms with Crippen LogP contribution in [0, 0.1) is 0 Å². The van der Waals surface area contributed by atoms with Gasteiger partial charge in [-0.1, -0.05) is 17.7 Å². The van der Waals surface area contributed by atoms with Crippen molar-refractivity contribution in [1.82, 2.24) is 10.2 Å². The lowest BCUT2D eigenvalue weighted by Crippen LogP contribution is -2.48. The van der Waals surface area contributed by atoms with Crippen LogP contribution in [-0.4, -0.2) is 66.6 Å². The van der Waals surface area contributed by atoms with Crippen molar-refractivity contribution in [1.29, 1.82) is 0 Å². The number of hydrogen-bond acceptors (Lipinski definition) is 6. The molecule has 2 heterocycles. The summed E-state index contributed by atoms with van der Waals surface area (Å²) in [4.78, 5) is 30.3. The molecule has 8 heteroatoms. The first-order valence-electron chi connectivity index (χ1n) is 12.5. The van der Waals surface area contributed by atoms with Crippen molar-refractivity contribution >= 4 is 29.0 Å². The van der Waals surface area contributed by atoms with Crippen molar-refractivity contribution in [3.8, 4) is 5.75 Å². The van der Waals surface area contributed by atoms with Crippen molar-refractivity contribution in [3.63, 3.8) is 0 Å². The topological polar surface area (TPSA) is 82.1 Å². The van der Waals surface area contributed by atoms with E-state index >= 15 is 0 Å². The summed E-state index contributed by atoms with van der Waals surface area (Å²) in [6.45, 7) is 4.29. The Balaban J connectivity index is 1.28. The number of ether oxygens (including phenoxy) is 1. The molecule has 0 radical (unpaired) electrons. The molecule has 1 amide bonds. The highest BCUT2D eigenvalue weighted by molar-refractivity contribution is 6.42. The van der Waals surface area contributed by atoms with Crippen molar-refractivity contribution in [2.24, 2.45) is 0 Å². The normalized spacial score (nSPS) is 19.7. The summed E-state index contributed by atoms with van der Waals surface area (Å²) in [5, 5.41) is 14.5. The Morgan fingerprint density at radius 3 is 2.34 bits per heavy atom. The summed E-state index contributed by atoms with van der Waals surface area (Å²) in [6, 6.07) is 11.7. The quantitative estimate of drug-likeness (QED) is 0.385. The number of rotatable bonds is 10. The van der Waals surface area contributed by atoms with E-state index in [9.17, 15) is 14.7 Å². The first kappa shape index (κ1) is 24.1. The molecule has 3 fully saturated rings. The van der Waals surface area contributed by atoms with Gasteiger partial charge in [0.2, 0.25) is 5.78 Å². The van der Waals surface area contributed by atoms with Crippen molar-refractivity contribution < 1.29 is 19.4 Å². The van der Waals surface area contributed by atoms with Crippen LogP contribution < -0.4 is 15.0 Å². The number of carbonyl (C=O) groups is 2. The van der Waals surface area contributed by atoms with E-state index in [1.807, 2.05) is 12.1 Å². The number of nitrogens with zero attached hydrogens (tertiary/aromatic N) is 2. The molecule has 2 N–H and O–H groups in total. The summed E-state index contributed by atoms with van der Waals surface area (Å²) >= 11 is 6.41. The van der Waals surface area contributed by atoms with Gasteiger partial charge >= 0.3 is 0 Å². The maximum absolute atomic E-state index is 13.0. The smallest absolute Gasteiger partial charge is 0.292 e. The third kappa shape index (κ3) is 5.80. The minimum absolute atomic E-state index is 0.219. The molecule has 0 unspecified atom stereocenters. The molecule has 0 spiro atoms. The molecule has 35 heavy (non-hydrogen) atoms. The first-order chi connectivity index (χ1) is 17.0. The number of amides is 1. The minimum atomic E-state index is -1.02. The van der Waals surface area contributed by atoms with E-state index in [1.54, 1.807) is 30.3 Å². The summed E-state index contributed by atoms with van der Waals surface area (Å²) in [5.41, 5.74) is 1.97. The first-order valence-corrected chi connectivity index (χ1v) is 12.9. The summed E-state index contributed by atoms with van der Waals surface area (Å²) < 4.78 is 5.80. The molecule has 2 saturated heterocycles. The fourth-order valence-corrected chi connectivity index (χ4v) is 4.86. The zero-order valence-corrected chi connectivity index (χ0v) is 20.5. The van der Waals surface area contributed by atoms with Crippen LogP contribution in [0.3, 0.4) is 0 Å². The Bertz CT molecular complexity index is 1060. The molecule has 0 bridgehead atoms. The monoisotopic (exact) mass is 497 g/mol. The molecule has 2 aromatic carbocycles. The average molecular weight is 498 g/mol. The zero-order valence-electron chi connectivity index (χ0n) is 19.8. The maximum atomic E-state index is 13.0. The number of ketones is 1. The number of Topliss-reactive ketones (excluding diaryl/α,β-unsaturated/α-hetero) is 1. The SMILES string of the molecule is O=C(N[C@H](CN1CCCC1)[C@H](O)c1ccc(OC2CC2)c(Cl)c1)C(=O)c1ccc(N2CCC2)cc1. The fraction of sp³-hybridized carbons (Fsp3) is 0.481. The van der Waals surface area contributed by atoms with Gasteiger partial charge in [-0.25, -0.2) is 0 Å². The number of nitrogens with one attached hydrogen (secondary N) is 1. The van der Waals surface area contributed by atoms with Gasteiger partial charge in [0.05, 0.1) is 17.2 Å². The zero-order chi connectivity index (χ0) is 24.4. The molecule has 1 aliphatic carbocycles. The molecule has 1 saturated carbocycles. The number of halogens is 1. The lowest BCUT2D eigenvalue weighted by Gasteiger charge is -2.33. The molecule has 3 aliphatic rings. The average Bonchev–Trinajstić information content (AvgIpc) is 3.50. The van der Waals surface area contributed by atoms with Gasteiger partial charge in [-0.2, -0.15) is 0 Å². The van der Waals surface area contributed by atoms with E-state index in [1.165, 1.54) is 6.42 Å². The van der Waals surface area contributed by atoms with Crippen LogP contribution in [0.1, 0.15) is 54.1 Å². The Hall–Kier alpha value is -2.61. The highest BCUT2D eigenvalue weighted by atomic mass is 35.5. The number of benzene rings is 2. The van der Waals surface area contributed by atoms with Crippen molar-refractivity contribution in [3.05, 3.63) is 58.6 Å². The standard InChI is InChI=1S/C27H32ClN3O4/c28-22-16-19(6-11-24(22)35-21-9-10-21)25(32)23(17-30-12-1-2-13-30)29-27(34)26(33)18-4-7-20(8-5-18)31-14-3-15-31/h4-8,11,16,21,23,25,32H,1-3,9-10,12-15,17H2,(H,29,34)/t23-,25-/m1/s1. The second kappa shape index (κ2) is 10.6. The Kier molecular flexibility index (Phi) is 7.27. The lowest BCUT2D eigenvalue weighted by atomic mass is 10.0. The number of likely N-dealkylation sites (tertiary alicyclic amines) is 1. The number of aliphatic hydroxyl groups is 1. The minimum Gasteiger partial charge on any atom is -0.489 e. The molecule has 2 aliphatic heterocycles. The molecule has 5 rings (SSSR count). The molecule has 0 aromatic heterocycles. The van der Waals surface area contributed by atoms with E-state index < -0.39 is 23.8 Å². The van der Waals surface area contributed by atoms with Crippen LogP contribution in [0.2, 0.25) is 5.02 Å². The van der Waals surface area contributed by atoms with Crippen molar-refractivity contribution in [2.75, 3.05) is 37.6 Å². The highest BCUT2D eigenvalue weighted by Crippen LogP contribution is 2.34. The van der Waals surface area contributed by atoms with Crippen LogP contribution in [-0.2, 0) is 4.79 Å². The van der Waals surface area contributed by atoms with Crippen LogP contribution in [0.4, 0.5) is 5.69 Å². The maximum Gasteiger partial charge on any atom is 0.292 e. The van der Waals surface area contributed by atoms with Gasteiger partial charge in [-0.3, -0.25) is 9.59 Å². The van der Waals surface area contributed by atoms with E-state index in [0.717, 1.165) is 57.5 Å². The van der Waals surface area contributed by atoms with Crippen LogP contribution in [0.15, 0.2) is 42.5 Å². The number of carbonyl (C=O) groups excluding carboxylic acids is 2. The molecule has 2 atom stereocenters. The number of aliphatic hydroxyl groups excluding tert-OH is 1. The van der Waals surface area contributed by atoms with E-state index in [-0.39, 0.29) is 6.10 Å². The van der Waals surface area contributed by atoms with Gasteiger partial charge < -0.3 is 25.0 Å². The van der Waals surface area contributed by atoms with Gasteiger partial charge in [0, 0.05) is 30.9 Å². The van der Waals surface area contributed by atoms with E-state index in [4.69, 9.17) is 16.3 Å². The van der Waals surface area contributed by atoms with E-state index in [2.05, 4.69) is 15.1 Å². The predicted molar refractivity (Wildman–Crippen MR) is 135 cm³/mol.